The van der Waals surface area contributed by atoms with Gasteiger partial charge in [0.1, 0.15) is 5.52 Å². The van der Waals surface area contributed by atoms with E-state index in [1.165, 1.54) is 5.56 Å². The predicted molar refractivity (Wildman–Crippen MR) is 84.4 cm³/mol. The molecule has 118 valence electrons. The maximum absolute atomic E-state index is 10.6. The Morgan fingerprint density at radius 2 is 2.00 bits per heavy atom. The molecule has 0 unspecified atom stereocenters. The molecule has 1 fully saturated rings. The van der Waals surface area contributed by atoms with Crippen LogP contribution in [-0.4, -0.2) is 53.7 Å². The van der Waals surface area contributed by atoms with Crippen molar-refractivity contribution >= 4 is 23.1 Å². The van der Waals surface area contributed by atoms with Gasteiger partial charge in [0.2, 0.25) is 0 Å². The van der Waals surface area contributed by atoms with E-state index in [9.17, 15) is 4.79 Å². The van der Waals surface area contributed by atoms with E-state index in [4.69, 9.17) is 9.52 Å². The molecule has 1 aliphatic rings. The summed E-state index contributed by atoms with van der Waals surface area (Å²) in [5, 5.41) is 8.74. The summed E-state index contributed by atoms with van der Waals surface area (Å²) in [6.07, 6.45) is 0.196. The van der Waals surface area contributed by atoms with Crippen LogP contribution in [-0.2, 0) is 4.79 Å². The molecule has 22 heavy (non-hydrogen) atoms. The first-order valence-corrected chi connectivity index (χ1v) is 7.60. The van der Waals surface area contributed by atoms with Crippen LogP contribution >= 0.6 is 0 Å². The van der Waals surface area contributed by atoms with E-state index < -0.39 is 5.97 Å². The fourth-order valence-corrected chi connectivity index (χ4v) is 2.92. The van der Waals surface area contributed by atoms with Crippen molar-refractivity contribution in [2.75, 3.05) is 37.6 Å². The highest BCUT2D eigenvalue weighted by atomic mass is 16.4. The van der Waals surface area contributed by atoms with Gasteiger partial charge in [0.25, 0.3) is 6.01 Å². The van der Waals surface area contributed by atoms with Gasteiger partial charge in [-0.25, -0.2) is 0 Å². The largest absolute Gasteiger partial charge is 0.481 e. The van der Waals surface area contributed by atoms with Crippen LogP contribution in [0, 0.1) is 13.8 Å². The van der Waals surface area contributed by atoms with Crippen molar-refractivity contribution < 1.29 is 14.3 Å². The standard InChI is InChI=1S/C16H21N3O3/c1-11-9-12(2)15-13(10-11)17-16(22-15)19-7-5-18(6-8-19)4-3-14(20)21/h9-10H,3-8H2,1-2H3,(H,20,21). The van der Waals surface area contributed by atoms with Gasteiger partial charge in [0.15, 0.2) is 5.58 Å². The first kappa shape index (κ1) is 14.8. The summed E-state index contributed by atoms with van der Waals surface area (Å²) in [6, 6.07) is 4.81. The molecule has 6 heteroatoms. The van der Waals surface area contributed by atoms with Gasteiger partial charge in [-0.3, -0.25) is 9.69 Å². The van der Waals surface area contributed by atoms with Gasteiger partial charge < -0.3 is 14.4 Å². The highest BCUT2D eigenvalue weighted by molar-refractivity contribution is 5.78. The van der Waals surface area contributed by atoms with E-state index in [0.717, 1.165) is 42.8 Å². The Bertz CT molecular complexity index is 687. The Labute approximate surface area is 129 Å². The molecule has 6 nitrogen and oxygen atoms in total. The number of hydrogen-bond acceptors (Lipinski definition) is 5. The number of aliphatic carboxylic acids is 1. The zero-order chi connectivity index (χ0) is 15.7. The van der Waals surface area contributed by atoms with E-state index in [2.05, 4.69) is 27.8 Å². The first-order valence-electron chi connectivity index (χ1n) is 7.60. The van der Waals surface area contributed by atoms with Crippen LogP contribution in [0.5, 0.6) is 0 Å². The van der Waals surface area contributed by atoms with Crippen molar-refractivity contribution in [3.63, 3.8) is 0 Å². The maximum atomic E-state index is 10.6. The topological polar surface area (TPSA) is 69.8 Å². The van der Waals surface area contributed by atoms with Crippen LogP contribution in [0.25, 0.3) is 11.1 Å². The Morgan fingerprint density at radius 1 is 1.27 bits per heavy atom. The molecule has 0 spiro atoms. The van der Waals surface area contributed by atoms with Crippen molar-refractivity contribution in [2.45, 2.75) is 20.3 Å². The van der Waals surface area contributed by atoms with E-state index in [0.29, 0.717) is 12.6 Å². The molecule has 0 radical (unpaired) electrons. The SMILES string of the molecule is Cc1cc(C)c2oc(N3CCN(CCC(=O)O)CC3)nc2c1. The number of carboxylic acids is 1. The molecular weight excluding hydrogens is 282 g/mol. The summed E-state index contributed by atoms with van der Waals surface area (Å²) >= 11 is 0. The smallest absolute Gasteiger partial charge is 0.304 e. The highest BCUT2D eigenvalue weighted by Crippen LogP contribution is 2.26. The normalized spacial score (nSPS) is 16.4. The molecule has 0 bridgehead atoms. The molecule has 0 aliphatic carbocycles. The van der Waals surface area contributed by atoms with Crippen LogP contribution in [0.15, 0.2) is 16.5 Å². The zero-order valence-electron chi connectivity index (χ0n) is 13.0. The molecular formula is C16H21N3O3. The second-order valence-electron chi connectivity index (χ2n) is 5.90. The molecule has 0 amide bonds. The third kappa shape index (κ3) is 3.06. The maximum Gasteiger partial charge on any atom is 0.304 e. The summed E-state index contributed by atoms with van der Waals surface area (Å²) < 4.78 is 5.93. The Hall–Kier alpha value is -2.08. The van der Waals surface area contributed by atoms with Crippen molar-refractivity contribution in [1.29, 1.82) is 0 Å². The Kier molecular flexibility index (Phi) is 4.02. The van der Waals surface area contributed by atoms with E-state index in [1.54, 1.807) is 0 Å². The number of nitrogens with zero attached hydrogens (tertiary/aromatic N) is 3. The Morgan fingerprint density at radius 3 is 2.68 bits per heavy atom. The van der Waals surface area contributed by atoms with Crippen LogP contribution in [0.3, 0.4) is 0 Å². The van der Waals surface area contributed by atoms with Gasteiger partial charge in [-0.2, -0.15) is 4.98 Å². The lowest BCUT2D eigenvalue weighted by atomic mass is 10.1. The second-order valence-corrected chi connectivity index (χ2v) is 5.90. The minimum atomic E-state index is -0.743. The zero-order valence-corrected chi connectivity index (χ0v) is 13.0. The number of anilines is 1. The van der Waals surface area contributed by atoms with Crippen molar-refractivity contribution in [2.24, 2.45) is 0 Å². The van der Waals surface area contributed by atoms with Gasteiger partial charge in [0, 0.05) is 32.7 Å². The molecule has 1 aromatic heterocycles. The van der Waals surface area contributed by atoms with Gasteiger partial charge in [-0.05, 0) is 31.0 Å². The van der Waals surface area contributed by atoms with E-state index in [1.807, 2.05) is 13.0 Å². The number of carbonyl (C=O) groups is 1. The fraction of sp³-hybridized carbons (Fsp3) is 0.500. The van der Waals surface area contributed by atoms with E-state index in [-0.39, 0.29) is 6.42 Å². The summed E-state index contributed by atoms with van der Waals surface area (Å²) in [5.74, 6) is -0.743. The second kappa shape index (κ2) is 5.96. The molecule has 2 aromatic rings. The van der Waals surface area contributed by atoms with Crippen molar-refractivity contribution in [3.05, 3.63) is 23.3 Å². The Balaban J connectivity index is 1.69. The molecule has 3 rings (SSSR count). The number of aromatic nitrogens is 1. The highest BCUT2D eigenvalue weighted by Gasteiger charge is 2.21. The minimum Gasteiger partial charge on any atom is -0.481 e. The lowest BCUT2D eigenvalue weighted by Crippen LogP contribution is -2.47. The number of piperazine rings is 1. The van der Waals surface area contributed by atoms with Gasteiger partial charge in [-0.1, -0.05) is 6.07 Å². The minimum absolute atomic E-state index is 0.196. The average molecular weight is 303 g/mol. The number of carboxylic acid groups (broad SMARTS) is 1. The summed E-state index contributed by atoms with van der Waals surface area (Å²) in [6.45, 7) is 7.99. The van der Waals surface area contributed by atoms with E-state index >= 15 is 0 Å². The van der Waals surface area contributed by atoms with Gasteiger partial charge >= 0.3 is 5.97 Å². The first-order chi connectivity index (χ1) is 10.5. The number of rotatable bonds is 4. The number of hydrogen-bond donors (Lipinski definition) is 1. The lowest BCUT2D eigenvalue weighted by Gasteiger charge is -2.33. The number of fused-ring (bicyclic) bond motifs is 1. The third-order valence-corrected chi connectivity index (χ3v) is 4.09. The summed E-state index contributed by atoms with van der Waals surface area (Å²) in [5.41, 5.74) is 4.05. The summed E-state index contributed by atoms with van der Waals surface area (Å²) in [4.78, 5) is 19.5. The van der Waals surface area contributed by atoms with Gasteiger partial charge in [-0.15, -0.1) is 0 Å². The van der Waals surface area contributed by atoms with Crippen molar-refractivity contribution in [3.8, 4) is 0 Å². The van der Waals surface area contributed by atoms with Crippen LogP contribution in [0.4, 0.5) is 6.01 Å². The van der Waals surface area contributed by atoms with Crippen LogP contribution in [0.1, 0.15) is 17.5 Å². The monoisotopic (exact) mass is 303 g/mol. The average Bonchev–Trinajstić information content (AvgIpc) is 2.90. The molecule has 0 atom stereocenters. The summed E-state index contributed by atoms with van der Waals surface area (Å²) in [7, 11) is 0. The van der Waals surface area contributed by atoms with Gasteiger partial charge in [0.05, 0.1) is 6.42 Å². The number of aryl methyl sites for hydroxylation is 2. The molecule has 2 heterocycles. The van der Waals surface area contributed by atoms with Crippen LogP contribution < -0.4 is 4.90 Å². The predicted octanol–water partition coefficient (Wildman–Crippen LogP) is 2.04. The number of oxazole rings is 1. The fourth-order valence-electron chi connectivity index (χ4n) is 2.92. The number of benzene rings is 1. The third-order valence-electron chi connectivity index (χ3n) is 4.09. The lowest BCUT2D eigenvalue weighted by molar-refractivity contribution is -0.137. The van der Waals surface area contributed by atoms with Crippen molar-refractivity contribution in [1.82, 2.24) is 9.88 Å². The molecule has 1 saturated heterocycles. The molecule has 1 N–H and O–H groups in total. The van der Waals surface area contributed by atoms with Crippen LogP contribution in [0.2, 0.25) is 0 Å². The molecule has 1 aromatic carbocycles. The molecule has 0 saturated carbocycles. The quantitative estimate of drug-likeness (QED) is 0.932. The molecule has 1 aliphatic heterocycles.